The first-order valence-electron chi connectivity index (χ1n) is 6.01. The van der Waals surface area contributed by atoms with Crippen LogP contribution in [0.15, 0.2) is 42.7 Å². The van der Waals surface area contributed by atoms with Crippen LogP contribution in [0.1, 0.15) is 26.3 Å². The number of phenolic OH excluding ortho intramolecular Hbond substituents is 1. The topological polar surface area (TPSA) is 82.5 Å². The van der Waals surface area contributed by atoms with Crippen LogP contribution in [0.4, 0.5) is 0 Å². The number of hydrazine groups is 1. The fourth-order valence-corrected chi connectivity index (χ4v) is 2.04. The second-order valence-electron chi connectivity index (χ2n) is 4.37. The van der Waals surface area contributed by atoms with E-state index in [2.05, 4.69) is 10.4 Å². The first-order valence-corrected chi connectivity index (χ1v) is 6.01. The summed E-state index contributed by atoms with van der Waals surface area (Å²) in [6.45, 7) is 0.333. The van der Waals surface area contributed by atoms with Crippen LogP contribution in [0.5, 0.6) is 5.75 Å². The van der Waals surface area contributed by atoms with E-state index in [1.807, 2.05) is 0 Å². The van der Waals surface area contributed by atoms with Gasteiger partial charge in [0.1, 0.15) is 5.75 Å². The Balaban J connectivity index is 0.00000161. The zero-order chi connectivity index (χ0) is 14.1. The Morgan fingerprint density at radius 1 is 1.05 bits per heavy atom. The maximum atomic E-state index is 12.1. The van der Waals surface area contributed by atoms with Crippen molar-refractivity contribution in [3.05, 3.63) is 59.4 Å². The molecule has 2 N–H and O–H groups in total. The van der Waals surface area contributed by atoms with Gasteiger partial charge in [-0.2, -0.15) is 0 Å². The summed E-state index contributed by atoms with van der Waals surface area (Å²) in [5, 5.41) is 10.3. The highest BCUT2D eigenvalue weighted by molar-refractivity contribution is 6.21. The summed E-state index contributed by atoms with van der Waals surface area (Å²) in [5.41, 5.74) is 4.18. The highest BCUT2D eigenvalue weighted by Gasteiger charge is 2.35. The minimum atomic E-state index is -0.463. The fourth-order valence-electron chi connectivity index (χ4n) is 2.04. The van der Waals surface area contributed by atoms with Crippen molar-refractivity contribution in [2.75, 3.05) is 0 Å². The number of fused-ring (bicyclic) bond motifs is 1. The number of aromatic hydroxyl groups is 1. The van der Waals surface area contributed by atoms with Gasteiger partial charge in [-0.05, 0) is 35.9 Å². The number of amides is 2. The second kappa shape index (κ2) is 5.90. The summed E-state index contributed by atoms with van der Waals surface area (Å²) >= 11 is 0. The van der Waals surface area contributed by atoms with Crippen LogP contribution in [0, 0.1) is 0 Å². The number of carbonyl (C=O) groups excluding carboxylic acids is 2. The molecule has 0 aliphatic carbocycles. The molecule has 3 rings (SSSR count). The quantitative estimate of drug-likeness (QED) is 0.840. The number of aromatic nitrogens is 1. The van der Waals surface area contributed by atoms with Gasteiger partial charge in [0.2, 0.25) is 0 Å². The summed E-state index contributed by atoms with van der Waals surface area (Å²) in [6.07, 6.45) is 3.27. The average molecular weight is 306 g/mol. The molecule has 1 aliphatic heterocycles. The lowest BCUT2D eigenvalue weighted by Gasteiger charge is -2.14. The van der Waals surface area contributed by atoms with E-state index in [4.69, 9.17) is 0 Å². The minimum absolute atomic E-state index is 0. The van der Waals surface area contributed by atoms with Gasteiger partial charge in [0.25, 0.3) is 11.8 Å². The van der Waals surface area contributed by atoms with Crippen molar-refractivity contribution in [3.63, 3.8) is 0 Å². The van der Waals surface area contributed by atoms with Crippen LogP contribution in [0.25, 0.3) is 0 Å². The van der Waals surface area contributed by atoms with Crippen LogP contribution in [0.2, 0.25) is 0 Å². The van der Waals surface area contributed by atoms with Crippen molar-refractivity contribution in [3.8, 4) is 5.75 Å². The highest BCUT2D eigenvalue weighted by Crippen LogP contribution is 2.25. The number of rotatable bonds is 3. The van der Waals surface area contributed by atoms with Crippen LogP contribution in [0.3, 0.4) is 0 Å². The van der Waals surface area contributed by atoms with Crippen molar-refractivity contribution in [2.45, 2.75) is 6.54 Å². The van der Waals surface area contributed by atoms with Crippen molar-refractivity contribution in [1.29, 1.82) is 0 Å². The predicted molar refractivity (Wildman–Crippen MR) is 76.9 cm³/mol. The van der Waals surface area contributed by atoms with Crippen LogP contribution >= 0.6 is 12.4 Å². The molecule has 0 saturated carbocycles. The molecule has 0 atom stereocenters. The molecule has 0 unspecified atom stereocenters. The molecule has 2 amide bonds. The molecule has 0 fully saturated rings. The largest absolute Gasteiger partial charge is 0.508 e. The van der Waals surface area contributed by atoms with E-state index >= 15 is 0 Å². The first-order chi connectivity index (χ1) is 9.66. The summed E-state index contributed by atoms with van der Waals surface area (Å²) in [4.78, 5) is 28.1. The number of carbonyl (C=O) groups is 2. The third-order valence-corrected chi connectivity index (χ3v) is 3.06. The molecule has 1 aliphatic rings. The maximum absolute atomic E-state index is 12.1. The molecular weight excluding hydrogens is 294 g/mol. The lowest BCUT2D eigenvalue weighted by Crippen LogP contribution is -2.41. The van der Waals surface area contributed by atoms with E-state index in [9.17, 15) is 14.7 Å². The molecule has 21 heavy (non-hydrogen) atoms. The number of hydrogen-bond acceptors (Lipinski definition) is 5. The average Bonchev–Trinajstić information content (AvgIpc) is 2.70. The van der Waals surface area contributed by atoms with Crippen molar-refractivity contribution >= 4 is 24.2 Å². The third kappa shape index (κ3) is 2.72. The molecule has 0 saturated heterocycles. The fraction of sp³-hybridized carbons (Fsp3) is 0.0714. The molecule has 0 radical (unpaired) electrons. The summed E-state index contributed by atoms with van der Waals surface area (Å²) < 4.78 is 0. The summed E-state index contributed by atoms with van der Waals surface area (Å²) in [7, 11) is 0. The molecule has 2 heterocycles. The predicted octanol–water partition coefficient (Wildman–Crippen LogP) is 1.51. The zero-order valence-electron chi connectivity index (χ0n) is 10.8. The van der Waals surface area contributed by atoms with E-state index in [0.29, 0.717) is 6.54 Å². The van der Waals surface area contributed by atoms with Gasteiger partial charge in [-0.15, -0.1) is 12.4 Å². The van der Waals surface area contributed by atoms with Crippen molar-refractivity contribution in [1.82, 2.24) is 15.4 Å². The lowest BCUT2D eigenvalue weighted by molar-refractivity contribution is 0.0562. The van der Waals surface area contributed by atoms with Gasteiger partial charge in [-0.1, -0.05) is 0 Å². The monoisotopic (exact) mass is 305 g/mol. The number of pyridine rings is 1. The summed E-state index contributed by atoms with van der Waals surface area (Å²) in [6, 6.07) is 7.70. The molecule has 108 valence electrons. The Morgan fingerprint density at radius 2 is 1.71 bits per heavy atom. The van der Waals surface area contributed by atoms with Gasteiger partial charge in [0.05, 0.1) is 11.1 Å². The molecule has 1 aromatic carbocycles. The Kier molecular flexibility index (Phi) is 4.21. The Labute approximate surface area is 126 Å². The first kappa shape index (κ1) is 15.0. The number of imide groups is 1. The highest BCUT2D eigenvalue weighted by atomic mass is 35.5. The summed E-state index contributed by atoms with van der Waals surface area (Å²) in [5.74, 6) is -0.921. The third-order valence-electron chi connectivity index (χ3n) is 3.06. The molecule has 1 aromatic heterocycles. The Hall–Kier alpha value is -2.44. The number of hydrogen-bond donors (Lipinski definition) is 2. The number of phenols is 1. The van der Waals surface area contributed by atoms with Gasteiger partial charge >= 0.3 is 0 Å². The molecule has 0 spiro atoms. The number of nitrogens with one attached hydrogen (secondary N) is 1. The number of nitrogens with zero attached hydrogens (tertiary/aromatic N) is 2. The molecule has 7 heteroatoms. The number of halogens is 1. The standard InChI is InChI=1S/C14H11N3O3.ClH/c18-10-1-2-11-12(7-10)14(20)17(13(11)19)16-8-9-3-5-15-6-4-9;/h1-7,16,18H,8H2;1H. The van der Waals surface area contributed by atoms with E-state index in [1.165, 1.54) is 18.2 Å². The van der Waals surface area contributed by atoms with E-state index in [1.54, 1.807) is 24.5 Å². The molecule has 6 nitrogen and oxygen atoms in total. The zero-order valence-corrected chi connectivity index (χ0v) is 11.6. The smallest absolute Gasteiger partial charge is 0.276 e. The molecule has 2 aromatic rings. The van der Waals surface area contributed by atoms with Crippen molar-refractivity contribution < 1.29 is 14.7 Å². The van der Waals surface area contributed by atoms with Crippen LogP contribution in [-0.2, 0) is 6.54 Å². The van der Waals surface area contributed by atoms with E-state index < -0.39 is 11.8 Å². The Morgan fingerprint density at radius 3 is 2.43 bits per heavy atom. The minimum Gasteiger partial charge on any atom is -0.508 e. The molecular formula is C14H12ClN3O3. The second-order valence-corrected chi connectivity index (χ2v) is 4.37. The van der Waals surface area contributed by atoms with Gasteiger partial charge in [-0.25, -0.2) is 10.4 Å². The van der Waals surface area contributed by atoms with Crippen molar-refractivity contribution in [2.24, 2.45) is 0 Å². The maximum Gasteiger partial charge on any atom is 0.276 e. The molecule has 0 bridgehead atoms. The van der Waals surface area contributed by atoms with Crippen LogP contribution < -0.4 is 5.43 Å². The lowest BCUT2D eigenvalue weighted by atomic mass is 10.1. The normalized spacial score (nSPS) is 13.0. The van der Waals surface area contributed by atoms with E-state index in [-0.39, 0.29) is 29.3 Å². The van der Waals surface area contributed by atoms with Crippen LogP contribution in [-0.4, -0.2) is 26.9 Å². The van der Waals surface area contributed by atoms with Gasteiger partial charge in [0, 0.05) is 18.9 Å². The van der Waals surface area contributed by atoms with Gasteiger partial charge in [-0.3, -0.25) is 14.6 Å². The number of benzene rings is 1. The van der Waals surface area contributed by atoms with E-state index in [0.717, 1.165) is 10.6 Å². The SMILES string of the molecule is Cl.O=C1c2ccc(O)cc2C(=O)N1NCc1ccncc1. The Bertz CT molecular complexity index is 691. The van der Waals surface area contributed by atoms with Gasteiger partial charge in [0.15, 0.2) is 0 Å². The van der Waals surface area contributed by atoms with Gasteiger partial charge < -0.3 is 5.11 Å².